The van der Waals surface area contributed by atoms with E-state index in [1.54, 1.807) is 0 Å². The summed E-state index contributed by atoms with van der Waals surface area (Å²) in [5.74, 6) is 0.204. The van der Waals surface area contributed by atoms with Crippen molar-refractivity contribution in [1.82, 2.24) is 0 Å². The molecule has 1 unspecified atom stereocenters. The predicted octanol–water partition coefficient (Wildman–Crippen LogP) is 1.29. The van der Waals surface area contributed by atoms with Gasteiger partial charge in [-0.1, -0.05) is 25.2 Å². The van der Waals surface area contributed by atoms with Crippen LogP contribution >= 0.6 is 0 Å². The average molecular weight is 150 g/mol. The van der Waals surface area contributed by atoms with Gasteiger partial charge in [0.2, 0.25) is 0 Å². The van der Waals surface area contributed by atoms with Gasteiger partial charge in [0.15, 0.2) is 0 Å². The smallest absolute Gasteiger partial charge is 0.313 e. The van der Waals surface area contributed by atoms with Gasteiger partial charge < -0.3 is 4.74 Å². The van der Waals surface area contributed by atoms with E-state index in [2.05, 4.69) is 0 Å². The fourth-order valence-electron chi connectivity index (χ4n) is 1.56. The van der Waals surface area contributed by atoms with Gasteiger partial charge >= 0.3 is 5.97 Å². The van der Waals surface area contributed by atoms with Gasteiger partial charge in [-0.2, -0.15) is 0 Å². The molecule has 1 saturated heterocycles. The lowest BCUT2D eigenvalue weighted by Crippen LogP contribution is -2.12. The Labute approximate surface area is 65.5 Å². The van der Waals surface area contributed by atoms with Crippen LogP contribution in [0, 0.1) is 11.8 Å². The molecule has 1 fully saturated rings. The minimum Gasteiger partial charge on any atom is -0.457 e. The normalized spacial score (nSPS) is 40.5. The van der Waals surface area contributed by atoms with Crippen molar-refractivity contribution in [3.8, 4) is 0 Å². The van der Waals surface area contributed by atoms with Gasteiger partial charge in [0.1, 0.15) is 6.10 Å². The van der Waals surface area contributed by atoms with Crippen LogP contribution in [-0.4, -0.2) is 12.1 Å². The second-order valence-corrected chi connectivity index (χ2v) is 3.06. The van der Waals surface area contributed by atoms with Crippen LogP contribution in [0.4, 0.5) is 0 Å². The molecule has 1 heterocycles. The number of carbonyl (C=O) groups is 1. The van der Waals surface area contributed by atoms with Gasteiger partial charge in [0, 0.05) is 5.92 Å². The topological polar surface area (TPSA) is 26.3 Å². The maximum atomic E-state index is 11.1. The molecule has 2 aliphatic rings. The number of carbonyl (C=O) groups excluding carboxylic acids is 1. The molecule has 0 radical (unpaired) electrons. The van der Waals surface area contributed by atoms with Crippen molar-refractivity contribution in [3.05, 3.63) is 24.3 Å². The summed E-state index contributed by atoms with van der Waals surface area (Å²) >= 11 is 0. The Balaban J connectivity index is 2.35. The van der Waals surface area contributed by atoms with Crippen LogP contribution in [0.2, 0.25) is 0 Å². The first-order chi connectivity index (χ1) is 5.29. The van der Waals surface area contributed by atoms with Crippen molar-refractivity contribution in [1.29, 1.82) is 0 Å². The third kappa shape index (κ3) is 0.897. The van der Waals surface area contributed by atoms with Gasteiger partial charge in [-0.25, -0.2) is 0 Å². The highest BCUT2D eigenvalue weighted by Crippen LogP contribution is 2.31. The van der Waals surface area contributed by atoms with Crippen molar-refractivity contribution < 1.29 is 9.53 Å². The van der Waals surface area contributed by atoms with E-state index in [0.717, 1.165) is 0 Å². The molecule has 2 nitrogen and oxygen atoms in total. The largest absolute Gasteiger partial charge is 0.457 e. The Bertz CT molecular complexity index is 240. The molecular weight excluding hydrogens is 140 g/mol. The lowest BCUT2D eigenvalue weighted by atomic mass is 9.93. The number of fused-ring (bicyclic) bond motifs is 2. The minimum atomic E-state index is -0.0805. The highest BCUT2D eigenvalue weighted by molar-refractivity contribution is 5.78. The van der Waals surface area contributed by atoms with Crippen molar-refractivity contribution in [2.45, 2.75) is 13.0 Å². The molecule has 0 amide bonds. The number of ether oxygens (including phenoxy) is 1. The molecule has 0 N–H and O–H groups in total. The van der Waals surface area contributed by atoms with Crippen LogP contribution in [0.15, 0.2) is 24.3 Å². The Kier molecular flexibility index (Phi) is 1.34. The molecule has 2 rings (SSSR count). The second-order valence-electron chi connectivity index (χ2n) is 3.06. The molecule has 1 aliphatic carbocycles. The number of esters is 1. The SMILES string of the molecule is CC1[C@@H]2C=CC=C[C@H]1OC2=O. The standard InChI is InChI=1S/C9H10O2/c1-6-7-4-2-3-5-8(6)11-9(7)10/h2-8H,1H3/t6?,7-,8+/m0/s1. The second kappa shape index (κ2) is 2.22. The van der Waals surface area contributed by atoms with Gasteiger partial charge in [-0.05, 0) is 6.08 Å². The van der Waals surface area contributed by atoms with Gasteiger partial charge in [-0.3, -0.25) is 4.79 Å². The van der Waals surface area contributed by atoms with Crippen molar-refractivity contribution in [3.63, 3.8) is 0 Å². The van der Waals surface area contributed by atoms with Crippen LogP contribution in [0.3, 0.4) is 0 Å². The van der Waals surface area contributed by atoms with Crippen molar-refractivity contribution >= 4 is 5.97 Å². The summed E-state index contributed by atoms with van der Waals surface area (Å²) in [6.45, 7) is 2.04. The summed E-state index contributed by atoms with van der Waals surface area (Å²) in [5.41, 5.74) is 0. The molecule has 0 spiro atoms. The quantitative estimate of drug-likeness (QED) is 0.486. The van der Waals surface area contributed by atoms with Crippen LogP contribution in [-0.2, 0) is 9.53 Å². The Hall–Kier alpha value is -1.05. The molecule has 0 saturated carbocycles. The molecule has 0 aromatic carbocycles. The lowest BCUT2D eigenvalue weighted by molar-refractivity contribution is -0.142. The first-order valence-corrected chi connectivity index (χ1v) is 3.84. The van der Waals surface area contributed by atoms with E-state index in [1.807, 2.05) is 31.2 Å². The molecule has 2 heteroatoms. The molecule has 58 valence electrons. The number of hydrogen-bond donors (Lipinski definition) is 0. The van der Waals surface area contributed by atoms with Crippen LogP contribution < -0.4 is 0 Å². The molecule has 1 aliphatic heterocycles. The summed E-state index contributed by atoms with van der Waals surface area (Å²) < 4.78 is 5.10. The molecule has 0 aromatic heterocycles. The minimum absolute atomic E-state index is 0.00231. The van der Waals surface area contributed by atoms with E-state index in [1.165, 1.54) is 0 Å². The third-order valence-corrected chi connectivity index (χ3v) is 2.34. The lowest BCUT2D eigenvalue weighted by Gasteiger charge is -2.07. The first kappa shape index (κ1) is 6.65. The van der Waals surface area contributed by atoms with Crippen molar-refractivity contribution in [2.75, 3.05) is 0 Å². The average Bonchev–Trinajstić information content (AvgIpc) is 2.17. The monoisotopic (exact) mass is 150 g/mol. The molecular formula is C9H10O2. The first-order valence-electron chi connectivity index (χ1n) is 3.84. The Morgan fingerprint density at radius 2 is 2.09 bits per heavy atom. The third-order valence-electron chi connectivity index (χ3n) is 2.34. The summed E-state index contributed by atoms with van der Waals surface area (Å²) in [7, 11) is 0. The van der Waals surface area contributed by atoms with Crippen LogP contribution in [0.5, 0.6) is 0 Å². The van der Waals surface area contributed by atoms with E-state index in [0.29, 0.717) is 5.92 Å². The van der Waals surface area contributed by atoms with E-state index in [9.17, 15) is 4.79 Å². The zero-order chi connectivity index (χ0) is 7.84. The Morgan fingerprint density at radius 3 is 2.91 bits per heavy atom. The van der Waals surface area contributed by atoms with Gasteiger partial charge in [0.25, 0.3) is 0 Å². The zero-order valence-corrected chi connectivity index (χ0v) is 6.36. The highest BCUT2D eigenvalue weighted by atomic mass is 16.6. The Morgan fingerprint density at radius 1 is 1.36 bits per heavy atom. The summed E-state index contributed by atoms with van der Waals surface area (Å²) in [6.07, 6.45) is 7.71. The summed E-state index contributed by atoms with van der Waals surface area (Å²) in [6, 6.07) is 0. The molecule has 11 heavy (non-hydrogen) atoms. The number of rotatable bonds is 0. The van der Waals surface area contributed by atoms with E-state index in [-0.39, 0.29) is 18.0 Å². The number of hydrogen-bond acceptors (Lipinski definition) is 2. The molecule has 2 bridgehead atoms. The summed E-state index contributed by atoms with van der Waals surface area (Å²) in [5, 5.41) is 0. The highest BCUT2D eigenvalue weighted by Gasteiger charge is 2.39. The molecule has 3 atom stereocenters. The van der Waals surface area contributed by atoms with Crippen LogP contribution in [0.1, 0.15) is 6.92 Å². The van der Waals surface area contributed by atoms with Crippen LogP contribution in [0.25, 0.3) is 0 Å². The van der Waals surface area contributed by atoms with E-state index >= 15 is 0 Å². The van der Waals surface area contributed by atoms with Gasteiger partial charge in [0.05, 0.1) is 5.92 Å². The predicted molar refractivity (Wildman–Crippen MR) is 40.8 cm³/mol. The fourth-order valence-corrected chi connectivity index (χ4v) is 1.56. The fraction of sp³-hybridized carbons (Fsp3) is 0.444. The number of allylic oxidation sites excluding steroid dienone is 2. The maximum Gasteiger partial charge on any atom is 0.313 e. The summed E-state index contributed by atoms with van der Waals surface area (Å²) in [4.78, 5) is 11.1. The van der Waals surface area contributed by atoms with E-state index in [4.69, 9.17) is 4.74 Å². The maximum absolute atomic E-state index is 11.1. The van der Waals surface area contributed by atoms with Crippen molar-refractivity contribution in [2.24, 2.45) is 11.8 Å². The molecule has 0 aromatic rings. The zero-order valence-electron chi connectivity index (χ0n) is 6.36. The van der Waals surface area contributed by atoms with E-state index < -0.39 is 0 Å². The van der Waals surface area contributed by atoms with Gasteiger partial charge in [-0.15, -0.1) is 0 Å².